The number of halogens is 3. The molecule has 0 bridgehead atoms. The Morgan fingerprint density at radius 3 is 2.05 bits per heavy atom. The normalized spacial score (nSPS) is 22.8. The molecule has 0 N–H and O–H groups in total. The minimum Gasteiger partial charge on any atom is -0.486 e. The molecule has 0 amide bonds. The third kappa shape index (κ3) is 7.02. The van der Waals surface area contributed by atoms with Gasteiger partial charge in [-0.15, -0.1) is 0 Å². The van der Waals surface area contributed by atoms with Crippen molar-refractivity contribution in [3.05, 3.63) is 102 Å². The molecule has 0 aromatic heterocycles. The Morgan fingerprint density at radius 1 is 0.762 bits per heavy atom. The van der Waals surface area contributed by atoms with Gasteiger partial charge in [0.15, 0.2) is 11.6 Å². The highest BCUT2D eigenvalue weighted by molar-refractivity contribution is 5.71. The molecule has 2 aliphatic carbocycles. The van der Waals surface area contributed by atoms with Crippen molar-refractivity contribution < 1.29 is 17.9 Å². The van der Waals surface area contributed by atoms with Crippen molar-refractivity contribution in [2.24, 2.45) is 17.8 Å². The summed E-state index contributed by atoms with van der Waals surface area (Å²) in [6, 6.07) is 15.6. The fourth-order valence-corrected chi connectivity index (χ4v) is 7.24. The predicted molar refractivity (Wildman–Crippen MR) is 167 cm³/mol. The van der Waals surface area contributed by atoms with Crippen LogP contribution in [0.2, 0.25) is 0 Å². The summed E-state index contributed by atoms with van der Waals surface area (Å²) in [6.07, 6.45) is 18.5. The summed E-state index contributed by atoms with van der Waals surface area (Å²) in [7, 11) is 0. The Hall–Kier alpha value is -3.27. The SMILES string of the molecule is C=CCOc1ccc(-c2ccc(-c3ccc(C4CCC(C5CCC(CC/C=C/C)CC5)CC4)c(F)c3)cc2)c(F)c1F. The zero-order valence-electron chi connectivity index (χ0n) is 24.8. The summed E-state index contributed by atoms with van der Waals surface area (Å²) in [4.78, 5) is 0. The van der Waals surface area contributed by atoms with Crippen molar-refractivity contribution in [1.82, 2.24) is 0 Å². The third-order valence-corrected chi connectivity index (χ3v) is 9.68. The lowest BCUT2D eigenvalue weighted by molar-refractivity contribution is 0.156. The summed E-state index contributed by atoms with van der Waals surface area (Å²) in [5, 5.41) is 0. The molecule has 3 aromatic rings. The van der Waals surface area contributed by atoms with Crippen LogP contribution in [0.1, 0.15) is 82.6 Å². The van der Waals surface area contributed by atoms with E-state index in [2.05, 4.69) is 25.7 Å². The number of rotatable bonds is 10. The van der Waals surface area contributed by atoms with Crippen LogP contribution in [0.15, 0.2) is 79.4 Å². The molecule has 1 nitrogen and oxygen atoms in total. The highest BCUT2D eigenvalue weighted by atomic mass is 19.2. The molecule has 2 aliphatic rings. The fraction of sp³-hybridized carbons (Fsp3) is 0.421. The topological polar surface area (TPSA) is 9.23 Å². The Bertz CT molecular complexity index is 1360. The second-order valence-corrected chi connectivity index (χ2v) is 12.2. The molecule has 42 heavy (non-hydrogen) atoms. The molecule has 0 unspecified atom stereocenters. The van der Waals surface area contributed by atoms with Gasteiger partial charge in [-0.1, -0.05) is 74.0 Å². The highest BCUT2D eigenvalue weighted by Crippen LogP contribution is 2.45. The number of ether oxygens (including phenoxy) is 1. The quantitative estimate of drug-likeness (QED) is 0.220. The minimum atomic E-state index is -1.02. The molecule has 222 valence electrons. The molecule has 0 spiro atoms. The van der Waals surface area contributed by atoms with Gasteiger partial charge < -0.3 is 4.74 Å². The molecule has 0 saturated heterocycles. The van der Waals surface area contributed by atoms with Gasteiger partial charge in [-0.05, 0) is 122 Å². The van der Waals surface area contributed by atoms with E-state index in [1.807, 2.05) is 24.3 Å². The molecule has 0 aliphatic heterocycles. The average Bonchev–Trinajstić information content (AvgIpc) is 3.02. The lowest BCUT2D eigenvalue weighted by Crippen LogP contribution is -2.25. The molecule has 5 rings (SSSR count). The Morgan fingerprint density at radius 2 is 1.40 bits per heavy atom. The molecule has 3 aromatic carbocycles. The van der Waals surface area contributed by atoms with E-state index in [0.29, 0.717) is 5.56 Å². The Balaban J connectivity index is 1.18. The average molecular weight is 573 g/mol. The predicted octanol–water partition coefficient (Wildman–Crippen LogP) is 11.4. The van der Waals surface area contributed by atoms with Crippen LogP contribution in [0, 0.1) is 35.2 Å². The van der Waals surface area contributed by atoms with E-state index in [9.17, 15) is 8.78 Å². The molecular weight excluding hydrogens is 529 g/mol. The van der Waals surface area contributed by atoms with Crippen molar-refractivity contribution in [1.29, 1.82) is 0 Å². The highest BCUT2D eigenvalue weighted by Gasteiger charge is 2.32. The molecule has 0 radical (unpaired) electrons. The van der Waals surface area contributed by atoms with E-state index in [0.717, 1.165) is 47.3 Å². The third-order valence-electron chi connectivity index (χ3n) is 9.68. The first-order valence-electron chi connectivity index (χ1n) is 15.7. The summed E-state index contributed by atoms with van der Waals surface area (Å²) < 4.78 is 49.8. The van der Waals surface area contributed by atoms with E-state index in [1.165, 1.54) is 69.6 Å². The van der Waals surface area contributed by atoms with Crippen molar-refractivity contribution in [2.75, 3.05) is 6.61 Å². The zero-order chi connectivity index (χ0) is 29.5. The molecule has 4 heteroatoms. The maximum absolute atomic E-state index is 15.4. The van der Waals surface area contributed by atoms with Crippen LogP contribution < -0.4 is 4.74 Å². The lowest BCUT2D eigenvalue weighted by atomic mass is 9.68. The van der Waals surface area contributed by atoms with Gasteiger partial charge in [0.1, 0.15) is 12.4 Å². The van der Waals surface area contributed by atoms with E-state index >= 15 is 4.39 Å². The zero-order valence-corrected chi connectivity index (χ0v) is 24.8. The minimum absolute atomic E-state index is 0.0968. The van der Waals surface area contributed by atoms with Crippen LogP contribution in [0.5, 0.6) is 5.75 Å². The summed E-state index contributed by atoms with van der Waals surface area (Å²) in [6.45, 7) is 5.72. The van der Waals surface area contributed by atoms with E-state index in [1.54, 1.807) is 18.2 Å². The van der Waals surface area contributed by atoms with Crippen molar-refractivity contribution in [3.8, 4) is 28.0 Å². The van der Waals surface area contributed by atoms with E-state index in [4.69, 9.17) is 4.74 Å². The number of benzene rings is 3. The first-order valence-corrected chi connectivity index (χ1v) is 15.7. The van der Waals surface area contributed by atoms with Gasteiger partial charge in [-0.25, -0.2) is 8.78 Å². The van der Waals surface area contributed by atoms with Crippen molar-refractivity contribution >= 4 is 0 Å². The van der Waals surface area contributed by atoms with Crippen LogP contribution in [0.4, 0.5) is 13.2 Å². The Kier molecular flexibility index (Phi) is 10.3. The molecule has 2 saturated carbocycles. The van der Waals surface area contributed by atoms with Gasteiger partial charge in [0, 0.05) is 5.56 Å². The van der Waals surface area contributed by atoms with Crippen LogP contribution in [-0.2, 0) is 0 Å². The molecular formula is C38H43F3O. The first kappa shape index (κ1) is 30.2. The van der Waals surface area contributed by atoms with E-state index in [-0.39, 0.29) is 29.7 Å². The van der Waals surface area contributed by atoms with Gasteiger partial charge in [0.25, 0.3) is 0 Å². The van der Waals surface area contributed by atoms with Gasteiger partial charge in [0.2, 0.25) is 5.82 Å². The van der Waals surface area contributed by atoms with Gasteiger partial charge >= 0.3 is 0 Å². The molecule has 0 atom stereocenters. The Labute approximate surface area is 249 Å². The van der Waals surface area contributed by atoms with Crippen molar-refractivity contribution in [3.63, 3.8) is 0 Å². The fourth-order valence-electron chi connectivity index (χ4n) is 7.24. The maximum Gasteiger partial charge on any atom is 0.201 e. The summed E-state index contributed by atoms with van der Waals surface area (Å²) in [5.74, 6) is 0.567. The van der Waals surface area contributed by atoms with E-state index < -0.39 is 11.6 Å². The van der Waals surface area contributed by atoms with Crippen LogP contribution >= 0.6 is 0 Å². The molecule has 0 heterocycles. The standard InChI is InChI=1S/C38H43F3O/c1-3-5-6-7-26-8-10-27(11-9-26)28-12-16-30(17-13-28)33-21-20-32(25-35(33)39)29-14-18-31(19-15-29)34-22-23-36(42-24-4-2)38(41)37(34)40/h3-5,14-15,18-23,25-28,30H,2,6-13,16-17,24H2,1H3/b5-3+. The number of hydrogen-bond acceptors (Lipinski definition) is 1. The number of hydrogen-bond donors (Lipinski definition) is 0. The molecule has 2 fully saturated rings. The summed E-state index contributed by atoms with van der Waals surface area (Å²) >= 11 is 0. The maximum atomic E-state index is 15.4. The van der Waals surface area contributed by atoms with Crippen molar-refractivity contribution in [2.45, 2.75) is 77.0 Å². The smallest absolute Gasteiger partial charge is 0.201 e. The largest absolute Gasteiger partial charge is 0.486 e. The van der Waals surface area contributed by atoms with Crippen LogP contribution in [0.3, 0.4) is 0 Å². The van der Waals surface area contributed by atoms with Gasteiger partial charge in [-0.3, -0.25) is 0 Å². The van der Waals surface area contributed by atoms with Gasteiger partial charge in [0.05, 0.1) is 0 Å². The van der Waals surface area contributed by atoms with Crippen LogP contribution in [0.25, 0.3) is 22.3 Å². The summed E-state index contributed by atoms with van der Waals surface area (Å²) in [5.41, 5.74) is 3.14. The first-order chi connectivity index (χ1) is 20.5. The monoisotopic (exact) mass is 572 g/mol. The second kappa shape index (κ2) is 14.3. The number of allylic oxidation sites excluding steroid dienone is 2. The van der Waals surface area contributed by atoms with Gasteiger partial charge in [-0.2, -0.15) is 4.39 Å². The second-order valence-electron chi connectivity index (χ2n) is 12.2. The lowest BCUT2D eigenvalue weighted by Gasteiger charge is -2.38. The van der Waals surface area contributed by atoms with Crippen LogP contribution in [-0.4, -0.2) is 6.61 Å².